The van der Waals surface area contributed by atoms with E-state index >= 15 is 0 Å². The Labute approximate surface area is 133 Å². The molecule has 0 amide bonds. The van der Waals surface area contributed by atoms with Gasteiger partial charge in [-0.25, -0.2) is 0 Å². The number of nitrogens with zero attached hydrogens (tertiary/aromatic N) is 2. The third kappa shape index (κ3) is 5.90. The van der Waals surface area contributed by atoms with Crippen molar-refractivity contribution in [2.24, 2.45) is 0 Å². The Balaban J connectivity index is 1.53. The minimum absolute atomic E-state index is 0.781. The van der Waals surface area contributed by atoms with E-state index in [0.29, 0.717) is 0 Å². The molecule has 0 saturated carbocycles. The number of piperazine rings is 1. The summed E-state index contributed by atoms with van der Waals surface area (Å²) in [6, 6.07) is 1.66. The Hall–Kier alpha value is -0.0800. The van der Waals surface area contributed by atoms with Gasteiger partial charge in [-0.15, -0.1) is 0 Å². The summed E-state index contributed by atoms with van der Waals surface area (Å²) in [6.45, 7) is 10.1. The van der Waals surface area contributed by atoms with Gasteiger partial charge in [0.25, 0.3) is 0 Å². The van der Waals surface area contributed by atoms with Gasteiger partial charge in [0.1, 0.15) is 0 Å². The SMILES string of the molecule is CCCCCCCCCCN1CC2CCCCN2CC1C. The monoisotopic (exact) mass is 294 g/mol. The Morgan fingerprint density at radius 2 is 1.57 bits per heavy atom. The average molecular weight is 295 g/mol. The number of rotatable bonds is 9. The predicted octanol–water partition coefficient (Wildman–Crippen LogP) is 4.69. The molecule has 2 aliphatic heterocycles. The van der Waals surface area contributed by atoms with Gasteiger partial charge >= 0.3 is 0 Å². The van der Waals surface area contributed by atoms with Gasteiger partial charge < -0.3 is 0 Å². The van der Waals surface area contributed by atoms with E-state index < -0.39 is 0 Å². The summed E-state index contributed by atoms with van der Waals surface area (Å²) in [7, 11) is 0. The van der Waals surface area contributed by atoms with Crippen LogP contribution in [-0.4, -0.2) is 48.1 Å². The molecule has 0 aromatic rings. The number of piperidine rings is 1. The summed E-state index contributed by atoms with van der Waals surface area (Å²) in [5.41, 5.74) is 0. The minimum atomic E-state index is 0.781. The molecule has 0 N–H and O–H groups in total. The van der Waals surface area contributed by atoms with Crippen molar-refractivity contribution in [1.82, 2.24) is 9.80 Å². The first-order chi connectivity index (χ1) is 10.3. The fourth-order valence-electron chi connectivity index (χ4n) is 4.17. The standard InChI is InChI=1S/C19H38N2/c1-3-4-5-6-7-8-9-11-14-20-17-19-13-10-12-15-21(19)16-18(20)2/h18-19H,3-17H2,1-2H3. The van der Waals surface area contributed by atoms with Gasteiger partial charge in [-0.2, -0.15) is 0 Å². The van der Waals surface area contributed by atoms with Gasteiger partial charge in [0.05, 0.1) is 0 Å². The first kappa shape index (κ1) is 17.3. The number of unbranched alkanes of at least 4 members (excludes halogenated alkanes) is 7. The fraction of sp³-hybridized carbons (Fsp3) is 1.00. The van der Waals surface area contributed by atoms with Crippen molar-refractivity contribution in [3.8, 4) is 0 Å². The fourth-order valence-corrected chi connectivity index (χ4v) is 4.17. The lowest BCUT2D eigenvalue weighted by Crippen LogP contribution is -2.58. The van der Waals surface area contributed by atoms with Crippen LogP contribution in [-0.2, 0) is 0 Å². The van der Waals surface area contributed by atoms with Crippen molar-refractivity contribution in [1.29, 1.82) is 0 Å². The van der Waals surface area contributed by atoms with Gasteiger partial charge in [0.15, 0.2) is 0 Å². The topological polar surface area (TPSA) is 6.48 Å². The summed E-state index contributed by atoms with van der Waals surface area (Å²) in [6.07, 6.45) is 15.8. The molecule has 2 unspecified atom stereocenters. The zero-order valence-corrected chi connectivity index (χ0v) is 14.7. The van der Waals surface area contributed by atoms with Gasteiger partial charge in [-0.05, 0) is 39.3 Å². The highest BCUT2D eigenvalue weighted by molar-refractivity contribution is 4.88. The van der Waals surface area contributed by atoms with Crippen molar-refractivity contribution in [2.45, 2.75) is 96.6 Å². The molecule has 0 aromatic heterocycles. The lowest BCUT2D eigenvalue weighted by molar-refractivity contribution is 0.0146. The van der Waals surface area contributed by atoms with Crippen molar-refractivity contribution in [2.75, 3.05) is 26.2 Å². The van der Waals surface area contributed by atoms with Crippen LogP contribution >= 0.6 is 0 Å². The molecule has 0 bridgehead atoms. The number of hydrogen-bond acceptors (Lipinski definition) is 2. The van der Waals surface area contributed by atoms with E-state index in [1.165, 1.54) is 96.8 Å². The average Bonchev–Trinajstić information content (AvgIpc) is 2.50. The zero-order chi connectivity index (χ0) is 14.9. The van der Waals surface area contributed by atoms with Gasteiger partial charge in [0.2, 0.25) is 0 Å². The smallest absolute Gasteiger partial charge is 0.0223 e. The molecule has 0 aromatic carbocycles. The zero-order valence-electron chi connectivity index (χ0n) is 14.7. The van der Waals surface area contributed by atoms with Crippen LogP contribution in [0.5, 0.6) is 0 Å². The molecule has 124 valence electrons. The van der Waals surface area contributed by atoms with Crippen LogP contribution in [0.2, 0.25) is 0 Å². The first-order valence-electron chi connectivity index (χ1n) is 9.79. The molecule has 2 fully saturated rings. The highest BCUT2D eigenvalue weighted by Crippen LogP contribution is 2.24. The lowest BCUT2D eigenvalue weighted by atomic mass is 9.97. The van der Waals surface area contributed by atoms with Crippen LogP contribution in [0.4, 0.5) is 0 Å². The second kappa shape index (κ2) is 9.84. The van der Waals surface area contributed by atoms with Crippen LogP contribution < -0.4 is 0 Å². The van der Waals surface area contributed by atoms with E-state index in [-0.39, 0.29) is 0 Å². The van der Waals surface area contributed by atoms with E-state index in [0.717, 1.165) is 12.1 Å². The predicted molar refractivity (Wildman–Crippen MR) is 92.9 cm³/mol. The Morgan fingerprint density at radius 1 is 0.857 bits per heavy atom. The molecule has 2 nitrogen and oxygen atoms in total. The van der Waals surface area contributed by atoms with Crippen LogP contribution in [0.3, 0.4) is 0 Å². The molecule has 2 rings (SSSR count). The quantitative estimate of drug-likeness (QED) is 0.569. The second-order valence-electron chi connectivity index (χ2n) is 7.46. The molecule has 0 spiro atoms. The van der Waals surface area contributed by atoms with Gasteiger partial charge in [-0.3, -0.25) is 9.80 Å². The Morgan fingerprint density at radius 3 is 2.33 bits per heavy atom. The second-order valence-corrected chi connectivity index (χ2v) is 7.46. The summed E-state index contributed by atoms with van der Waals surface area (Å²) in [4.78, 5) is 5.54. The molecule has 2 atom stereocenters. The number of hydrogen-bond donors (Lipinski definition) is 0. The molecule has 0 aliphatic carbocycles. The first-order valence-corrected chi connectivity index (χ1v) is 9.79. The molecular weight excluding hydrogens is 256 g/mol. The van der Waals surface area contributed by atoms with Crippen LogP contribution in [0, 0.1) is 0 Å². The lowest BCUT2D eigenvalue weighted by Gasteiger charge is -2.47. The molecule has 2 saturated heterocycles. The molecule has 0 radical (unpaired) electrons. The van der Waals surface area contributed by atoms with E-state index in [9.17, 15) is 0 Å². The molecular formula is C19H38N2. The van der Waals surface area contributed by atoms with Crippen LogP contribution in [0.1, 0.15) is 84.5 Å². The maximum atomic E-state index is 2.78. The third-order valence-corrected chi connectivity index (χ3v) is 5.62. The molecule has 2 heteroatoms. The third-order valence-electron chi connectivity index (χ3n) is 5.62. The van der Waals surface area contributed by atoms with Crippen molar-refractivity contribution in [3.63, 3.8) is 0 Å². The van der Waals surface area contributed by atoms with Crippen molar-refractivity contribution < 1.29 is 0 Å². The summed E-state index contributed by atoms with van der Waals surface area (Å²) in [5, 5.41) is 0. The Bertz CT molecular complexity index is 266. The van der Waals surface area contributed by atoms with Gasteiger partial charge in [0, 0.05) is 25.2 Å². The minimum Gasteiger partial charge on any atom is -0.298 e. The summed E-state index contributed by atoms with van der Waals surface area (Å²) in [5.74, 6) is 0. The highest BCUT2D eigenvalue weighted by Gasteiger charge is 2.32. The van der Waals surface area contributed by atoms with Gasteiger partial charge in [-0.1, -0.05) is 58.3 Å². The van der Waals surface area contributed by atoms with Crippen LogP contribution in [0.25, 0.3) is 0 Å². The largest absolute Gasteiger partial charge is 0.298 e. The van der Waals surface area contributed by atoms with Crippen molar-refractivity contribution in [3.05, 3.63) is 0 Å². The van der Waals surface area contributed by atoms with Crippen LogP contribution in [0.15, 0.2) is 0 Å². The van der Waals surface area contributed by atoms with E-state index in [1.54, 1.807) is 0 Å². The van der Waals surface area contributed by atoms with E-state index in [1.807, 2.05) is 0 Å². The highest BCUT2D eigenvalue weighted by atomic mass is 15.3. The number of fused-ring (bicyclic) bond motifs is 1. The van der Waals surface area contributed by atoms with Crippen molar-refractivity contribution >= 4 is 0 Å². The molecule has 2 heterocycles. The maximum absolute atomic E-state index is 2.78. The summed E-state index contributed by atoms with van der Waals surface area (Å²) < 4.78 is 0. The van der Waals surface area contributed by atoms with E-state index in [4.69, 9.17) is 0 Å². The maximum Gasteiger partial charge on any atom is 0.0223 e. The molecule has 2 aliphatic rings. The summed E-state index contributed by atoms with van der Waals surface area (Å²) >= 11 is 0. The molecule has 21 heavy (non-hydrogen) atoms. The normalized spacial score (nSPS) is 27.7. The van der Waals surface area contributed by atoms with E-state index in [2.05, 4.69) is 23.6 Å². The Kier molecular flexibility index (Phi) is 8.10.